The third kappa shape index (κ3) is 10.5. The van der Waals surface area contributed by atoms with E-state index in [4.69, 9.17) is 10.2 Å². The molecule has 1 unspecified atom stereocenters. The smallest absolute Gasteiger partial charge is 0.308 e. The first-order chi connectivity index (χ1) is 8.76. The summed E-state index contributed by atoms with van der Waals surface area (Å²) in [5.41, 5.74) is 0. The van der Waals surface area contributed by atoms with Crippen molar-refractivity contribution in [1.29, 1.82) is 0 Å². The second-order valence-corrected chi connectivity index (χ2v) is 5.07. The van der Waals surface area contributed by atoms with Crippen LogP contribution in [-0.2, 0) is 9.59 Å². The number of rotatable bonds is 11. The molecule has 0 aliphatic rings. The molecule has 0 saturated heterocycles. The minimum absolute atomic E-state index is 0.172. The zero-order chi connectivity index (χ0) is 14.9. The summed E-state index contributed by atoms with van der Waals surface area (Å²) in [7, 11) is 0. The van der Waals surface area contributed by atoms with Gasteiger partial charge in [-0.1, -0.05) is 32.6 Å². The number of hydrogen-bond acceptors (Lipinski definition) is 4. The largest absolute Gasteiger partial charge is 0.481 e. The molecule has 19 heavy (non-hydrogen) atoms. The van der Waals surface area contributed by atoms with Crippen LogP contribution in [0.25, 0.3) is 0 Å². The molecule has 112 valence electrons. The highest BCUT2D eigenvalue weighted by Crippen LogP contribution is 2.25. The van der Waals surface area contributed by atoms with Crippen molar-refractivity contribution < 1.29 is 30.0 Å². The summed E-state index contributed by atoms with van der Waals surface area (Å²) in [6.45, 7) is 2.06. The van der Waals surface area contributed by atoms with E-state index in [1.807, 2.05) is 0 Å². The Morgan fingerprint density at radius 1 is 1.05 bits per heavy atom. The highest BCUT2D eigenvalue weighted by molar-refractivity contribution is 5.68. The Hall–Kier alpha value is -1.14. The van der Waals surface area contributed by atoms with Crippen molar-refractivity contribution in [2.24, 2.45) is 5.92 Å². The van der Waals surface area contributed by atoms with E-state index in [1.54, 1.807) is 0 Å². The van der Waals surface area contributed by atoms with Gasteiger partial charge in [-0.3, -0.25) is 9.59 Å². The Morgan fingerprint density at radius 2 is 1.68 bits per heavy atom. The van der Waals surface area contributed by atoms with Gasteiger partial charge in [-0.05, 0) is 12.3 Å². The number of aliphatic hydroxyl groups is 2. The molecular weight excluding hydrogens is 252 g/mol. The predicted molar refractivity (Wildman–Crippen MR) is 68.5 cm³/mol. The minimum atomic E-state index is -2.34. The van der Waals surface area contributed by atoms with Crippen molar-refractivity contribution in [2.75, 3.05) is 0 Å². The summed E-state index contributed by atoms with van der Waals surface area (Å²) in [6, 6.07) is 0. The second-order valence-electron chi connectivity index (χ2n) is 5.07. The third-order valence-corrected chi connectivity index (χ3v) is 2.98. The lowest BCUT2D eigenvalue weighted by atomic mass is 9.89. The summed E-state index contributed by atoms with van der Waals surface area (Å²) in [5.74, 6) is -5.07. The fourth-order valence-corrected chi connectivity index (χ4v) is 2.16. The van der Waals surface area contributed by atoms with Gasteiger partial charge in [0.15, 0.2) is 5.79 Å². The SMILES string of the molecule is CCCCCCC(CC(=O)O)CC(O)(O)CC(=O)O. The maximum atomic E-state index is 10.7. The molecule has 0 aromatic heterocycles. The van der Waals surface area contributed by atoms with Crippen LogP contribution in [0.5, 0.6) is 0 Å². The van der Waals surface area contributed by atoms with Crippen LogP contribution in [0.15, 0.2) is 0 Å². The van der Waals surface area contributed by atoms with Crippen LogP contribution in [0, 0.1) is 5.92 Å². The van der Waals surface area contributed by atoms with Crippen LogP contribution in [0.4, 0.5) is 0 Å². The summed E-state index contributed by atoms with van der Waals surface area (Å²) in [6.07, 6.45) is 3.27. The van der Waals surface area contributed by atoms with Crippen molar-refractivity contribution >= 4 is 11.9 Å². The van der Waals surface area contributed by atoms with E-state index in [1.165, 1.54) is 0 Å². The Bertz CT molecular complexity index is 287. The van der Waals surface area contributed by atoms with Gasteiger partial charge in [0.05, 0.1) is 6.42 Å². The van der Waals surface area contributed by atoms with Crippen molar-refractivity contribution in [3.8, 4) is 0 Å². The topological polar surface area (TPSA) is 115 Å². The normalized spacial score (nSPS) is 13.2. The molecule has 0 aliphatic carbocycles. The lowest BCUT2D eigenvalue weighted by molar-refractivity contribution is -0.190. The number of carbonyl (C=O) groups is 2. The molecule has 0 aliphatic heterocycles. The van der Waals surface area contributed by atoms with Gasteiger partial charge in [0, 0.05) is 12.8 Å². The van der Waals surface area contributed by atoms with Crippen molar-refractivity contribution in [1.82, 2.24) is 0 Å². The van der Waals surface area contributed by atoms with Crippen LogP contribution in [0.3, 0.4) is 0 Å². The molecule has 4 N–H and O–H groups in total. The maximum Gasteiger partial charge on any atom is 0.308 e. The van der Waals surface area contributed by atoms with Crippen LogP contribution in [-0.4, -0.2) is 38.2 Å². The second kappa shape index (κ2) is 8.87. The maximum absolute atomic E-state index is 10.7. The molecule has 0 amide bonds. The molecule has 0 saturated carbocycles. The predicted octanol–water partition coefficient (Wildman–Crippen LogP) is 1.59. The van der Waals surface area contributed by atoms with E-state index in [0.717, 1.165) is 25.7 Å². The van der Waals surface area contributed by atoms with E-state index in [0.29, 0.717) is 6.42 Å². The van der Waals surface area contributed by atoms with Crippen LogP contribution in [0.2, 0.25) is 0 Å². The van der Waals surface area contributed by atoms with Crippen LogP contribution in [0.1, 0.15) is 58.3 Å². The lowest BCUT2D eigenvalue weighted by Crippen LogP contribution is -2.34. The molecule has 1 atom stereocenters. The van der Waals surface area contributed by atoms with Gasteiger partial charge in [-0.15, -0.1) is 0 Å². The van der Waals surface area contributed by atoms with Gasteiger partial charge in [-0.25, -0.2) is 0 Å². The first-order valence-electron chi connectivity index (χ1n) is 6.65. The summed E-state index contributed by atoms with van der Waals surface area (Å²) in [5, 5.41) is 36.4. The van der Waals surface area contributed by atoms with E-state index in [-0.39, 0.29) is 12.8 Å². The first kappa shape index (κ1) is 17.9. The number of carboxylic acid groups (broad SMARTS) is 2. The molecule has 0 spiro atoms. The molecule has 0 rings (SSSR count). The average Bonchev–Trinajstić information content (AvgIpc) is 2.20. The van der Waals surface area contributed by atoms with Gasteiger partial charge >= 0.3 is 11.9 Å². The standard InChI is InChI=1S/C13H24O6/c1-2-3-4-5-6-10(7-11(14)15)8-13(18,19)9-12(16)17/h10,18-19H,2-9H2,1H3,(H,14,15)(H,16,17). The molecule has 0 heterocycles. The van der Waals surface area contributed by atoms with Crippen molar-refractivity contribution in [2.45, 2.75) is 64.1 Å². The third-order valence-electron chi connectivity index (χ3n) is 2.98. The van der Waals surface area contributed by atoms with Crippen LogP contribution < -0.4 is 0 Å². The summed E-state index contributed by atoms with van der Waals surface area (Å²) in [4.78, 5) is 21.2. The first-order valence-corrected chi connectivity index (χ1v) is 6.65. The Balaban J connectivity index is 4.32. The van der Waals surface area contributed by atoms with E-state index in [9.17, 15) is 19.8 Å². The summed E-state index contributed by atoms with van der Waals surface area (Å²) >= 11 is 0. The number of aliphatic carboxylic acids is 2. The minimum Gasteiger partial charge on any atom is -0.481 e. The zero-order valence-electron chi connectivity index (χ0n) is 11.3. The highest BCUT2D eigenvalue weighted by Gasteiger charge is 2.31. The fourth-order valence-electron chi connectivity index (χ4n) is 2.16. The average molecular weight is 276 g/mol. The zero-order valence-corrected chi connectivity index (χ0v) is 11.3. The Morgan fingerprint density at radius 3 is 2.16 bits per heavy atom. The fraction of sp³-hybridized carbons (Fsp3) is 0.846. The molecular formula is C13H24O6. The van der Waals surface area contributed by atoms with Gasteiger partial charge in [0.25, 0.3) is 0 Å². The Kier molecular flexibility index (Phi) is 8.34. The highest BCUT2D eigenvalue weighted by atomic mass is 16.5. The van der Waals surface area contributed by atoms with E-state index in [2.05, 4.69) is 6.92 Å². The van der Waals surface area contributed by atoms with Crippen molar-refractivity contribution in [3.05, 3.63) is 0 Å². The number of hydrogen-bond donors (Lipinski definition) is 4. The molecule has 0 fully saturated rings. The number of unbranched alkanes of at least 4 members (excludes halogenated alkanes) is 3. The molecule has 0 aromatic rings. The number of carboxylic acids is 2. The lowest BCUT2D eigenvalue weighted by Gasteiger charge is -2.25. The van der Waals surface area contributed by atoms with Crippen LogP contribution >= 0.6 is 0 Å². The molecule has 6 nitrogen and oxygen atoms in total. The van der Waals surface area contributed by atoms with Gasteiger partial charge in [0.2, 0.25) is 0 Å². The quantitative estimate of drug-likeness (QED) is 0.336. The van der Waals surface area contributed by atoms with Gasteiger partial charge in [0.1, 0.15) is 0 Å². The Labute approximate surface area is 113 Å². The van der Waals surface area contributed by atoms with E-state index >= 15 is 0 Å². The molecule has 0 aromatic carbocycles. The van der Waals surface area contributed by atoms with Crippen molar-refractivity contribution in [3.63, 3.8) is 0 Å². The molecule has 0 radical (unpaired) electrons. The molecule has 6 heteroatoms. The van der Waals surface area contributed by atoms with E-state index < -0.39 is 30.1 Å². The summed E-state index contributed by atoms with van der Waals surface area (Å²) < 4.78 is 0. The van der Waals surface area contributed by atoms with Gasteiger partial charge < -0.3 is 20.4 Å². The van der Waals surface area contributed by atoms with Gasteiger partial charge in [-0.2, -0.15) is 0 Å². The molecule has 0 bridgehead atoms. The monoisotopic (exact) mass is 276 g/mol.